The number of nitrogens with zero attached hydrogens (tertiary/aromatic N) is 2. The van der Waals surface area contributed by atoms with Gasteiger partial charge in [0.25, 0.3) is 0 Å². The number of aromatic nitrogens is 1. The van der Waals surface area contributed by atoms with Crippen molar-refractivity contribution >= 4 is 0 Å². The SMILES string of the molecule is O[C@](c1ccccc1)(c1ccccn1)[C@H](c1ccccc1)N1CCOCC1. The van der Waals surface area contributed by atoms with E-state index in [0.29, 0.717) is 18.9 Å². The molecule has 0 unspecified atom stereocenters. The van der Waals surface area contributed by atoms with E-state index < -0.39 is 5.60 Å². The molecule has 1 aliphatic heterocycles. The number of rotatable bonds is 5. The fraction of sp³-hybridized carbons (Fsp3) is 0.261. The van der Waals surface area contributed by atoms with E-state index in [9.17, 15) is 5.11 Å². The van der Waals surface area contributed by atoms with E-state index in [-0.39, 0.29) is 6.04 Å². The van der Waals surface area contributed by atoms with Crippen LogP contribution in [-0.2, 0) is 10.3 Å². The summed E-state index contributed by atoms with van der Waals surface area (Å²) in [6.07, 6.45) is 1.74. The predicted molar refractivity (Wildman–Crippen MR) is 105 cm³/mol. The van der Waals surface area contributed by atoms with Crippen LogP contribution in [0.2, 0.25) is 0 Å². The van der Waals surface area contributed by atoms with Crippen LogP contribution in [0.5, 0.6) is 0 Å². The van der Waals surface area contributed by atoms with Gasteiger partial charge >= 0.3 is 0 Å². The first-order valence-corrected chi connectivity index (χ1v) is 9.36. The van der Waals surface area contributed by atoms with Gasteiger partial charge in [0.15, 0.2) is 5.60 Å². The molecule has 0 amide bonds. The molecule has 1 saturated heterocycles. The summed E-state index contributed by atoms with van der Waals surface area (Å²) in [6.45, 7) is 2.86. The van der Waals surface area contributed by atoms with E-state index >= 15 is 0 Å². The number of pyridine rings is 1. The minimum Gasteiger partial charge on any atom is -0.379 e. The van der Waals surface area contributed by atoms with Crippen LogP contribution in [0.25, 0.3) is 0 Å². The van der Waals surface area contributed by atoms with Gasteiger partial charge in [-0.15, -0.1) is 0 Å². The van der Waals surface area contributed by atoms with Crippen molar-refractivity contribution in [3.05, 3.63) is 102 Å². The number of ether oxygens (including phenoxy) is 1. The van der Waals surface area contributed by atoms with Crippen molar-refractivity contribution < 1.29 is 9.84 Å². The summed E-state index contributed by atoms with van der Waals surface area (Å²) in [5, 5.41) is 12.3. The lowest BCUT2D eigenvalue weighted by Gasteiger charge is -2.44. The molecule has 0 aliphatic carbocycles. The van der Waals surface area contributed by atoms with E-state index in [1.54, 1.807) is 6.20 Å². The molecule has 4 heteroatoms. The Morgan fingerprint density at radius 1 is 0.852 bits per heavy atom. The molecule has 2 heterocycles. The van der Waals surface area contributed by atoms with Crippen LogP contribution >= 0.6 is 0 Å². The Morgan fingerprint density at radius 3 is 2.11 bits per heavy atom. The van der Waals surface area contributed by atoms with Crippen LogP contribution in [0.4, 0.5) is 0 Å². The molecule has 0 bridgehead atoms. The monoisotopic (exact) mass is 360 g/mol. The van der Waals surface area contributed by atoms with Gasteiger partial charge in [-0.1, -0.05) is 66.7 Å². The summed E-state index contributed by atoms with van der Waals surface area (Å²) in [5.74, 6) is 0. The molecule has 4 rings (SSSR count). The molecule has 2 atom stereocenters. The molecular formula is C23H24N2O2. The van der Waals surface area contributed by atoms with Gasteiger partial charge in [-0.3, -0.25) is 9.88 Å². The highest BCUT2D eigenvalue weighted by atomic mass is 16.5. The fourth-order valence-electron chi connectivity index (χ4n) is 3.91. The average Bonchev–Trinajstić information content (AvgIpc) is 2.76. The first-order valence-electron chi connectivity index (χ1n) is 9.36. The highest BCUT2D eigenvalue weighted by Gasteiger charge is 2.45. The molecule has 1 aliphatic rings. The first-order chi connectivity index (χ1) is 13.3. The summed E-state index contributed by atoms with van der Waals surface area (Å²) in [6, 6.07) is 25.5. The molecule has 138 valence electrons. The second-order valence-corrected chi connectivity index (χ2v) is 6.81. The summed E-state index contributed by atoms with van der Waals surface area (Å²) in [5.41, 5.74) is 1.28. The Morgan fingerprint density at radius 2 is 1.48 bits per heavy atom. The summed E-state index contributed by atoms with van der Waals surface area (Å²) in [4.78, 5) is 6.87. The van der Waals surface area contributed by atoms with Crippen molar-refractivity contribution in [1.29, 1.82) is 0 Å². The van der Waals surface area contributed by atoms with Gasteiger partial charge in [0, 0.05) is 19.3 Å². The van der Waals surface area contributed by atoms with Crippen LogP contribution in [0.1, 0.15) is 22.9 Å². The number of aliphatic hydroxyl groups is 1. The Kier molecular flexibility index (Phi) is 5.30. The van der Waals surface area contributed by atoms with E-state index in [4.69, 9.17) is 4.74 Å². The van der Waals surface area contributed by atoms with E-state index in [1.807, 2.05) is 66.7 Å². The van der Waals surface area contributed by atoms with Crippen LogP contribution in [-0.4, -0.2) is 41.3 Å². The largest absolute Gasteiger partial charge is 0.379 e. The summed E-state index contributed by atoms with van der Waals surface area (Å²) >= 11 is 0. The Balaban J connectivity index is 1.91. The maximum Gasteiger partial charge on any atom is 0.151 e. The Hall–Kier alpha value is -2.53. The second-order valence-electron chi connectivity index (χ2n) is 6.81. The molecular weight excluding hydrogens is 336 g/mol. The van der Waals surface area contributed by atoms with Crippen molar-refractivity contribution in [2.24, 2.45) is 0 Å². The number of morpholine rings is 1. The van der Waals surface area contributed by atoms with Gasteiger partial charge in [0.05, 0.1) is 24.9 Å². The molecule has 2 aromatic carbocycles. The smallest absolute Gasteiger partial charge is 0.151 e. The molecule has 1 fully saturated rings. The van der Waals surface area contributed by atoms with Crippen molar-refractivity contribution in [1.82, 2.24) is 9.88 Å². The van der Waals surface area contributed by atoms with Gasteiger partial charge in [0.1, 0.15) is 0 Å². The van der Waals surface area contributed by atoms with Crippen LogP contribution in [0.15, 0.2) is 85.1 Å². The fourth-order valence-corrected chi connectivity index (χ4v) is 3.91. The van der Waals surface area contributed by atoms with E-state index in [0.717, 1.165) is 24.2 Å². The minimum atomic E-state index is -1.28. The van der Waals surface area contributed by atoms with Crippen molar-refractivity contribution in [3.63, 3.8) is 0 Å². The average molecular weight is 360 g/mol. The van der Waals surface area contributed by atoms with E-state index in [2.05, 4.69) is 22.0 Å². The molecule has 4 nitrogen and oxygen atoms in total. The number of hydrogen-bond acceptors (Lipinski definition) is 4. The first kappa shape index (κ1) is 17.9. The Labute approximate surface area is 160 Å². The zero-order valence-corrected chi connectivity index (χ0v) is 15.2. The lowest BCUT2D eigenvalue weighted by Crippen LogP contribution is -2.49. The lowest BCUT2D eigenvalue weighted by atomic mass is 9.78. The summed E-state index contributed by atoms with van der Waals surface area (Å²) < 4.78 is 5.57. The highest BCUT2D eigenvalue weighted by molar-refractivity contribution is 5.38. The quantitative estimate of drug-likeness (QED) is 0.758. The van der Waals surface area contributed by atoms with Gasteiger partial charge < -0.3 is 9.84 Å². The topological polar surface area (TPSA) is 45.6 Å². The molecule has 0 radical (unpaired) electrons. The molecule has 0 saturated carbocycles. The highest BCUT2D eigenvalue weighted by Crippen LogP contribution is 2.43. The Bertz CT molecular complexity index is 795. The normalized spacial score (nSPS) is 18.6. The number of benzene rings is 2. The van der Waals surface area contributed by atoms with E-state index in [1.165, 1.54) is 0 Å². The van der Waals surface area contributed by atoms with Crippen LogP contribution < -0.4 is 0 Å². The van der Waals surface area contributed by atoms with Crippen LogP contribution in [0, 0.1) is 0 Å². The van der Waals surface area contributed by atoms with Gasteiger partial charge in [0.2, 0.25) is 0 Å². The zero-order valence-electron chi connectivity index (χ0n) is 15.2. The third kappa shape index (κ3) is 3.52. The zero-order chi connectivity index (χ0) is 18.5. The predicted octanol–water partition coefficient (Wildman–Crippen LogP) is 3.39. The molecule has 3 aromatic rings. The maximum absolute atomic E-state index is 12.3. The molecule has 27 heavy (non-hydrogen) atoms. The van der Waals surface area contributed by atoms with Crippen molar-refractivity contribution in [3.8, 4) is 0 Å². The lowest BCUT2D eigenvalue weighted by molar-refractivity contribution is -0.0638. The number of hydrogen-bond donors (Lipinski definition) is 1. The second kappa shape index (κ2) is 8.01. The summed E-state index contributed by atoms with van der Waals surface area (Å²) in [7, 11) is 0. The maximum atomic E-state index is 12.3. The van der Waals surface area contributed by atoms with Crippen LogP contribution in [0.3, 0.4) is 0 Å². The van der Waals surface area contributed by atoms with Gasteiger partial charge in [-0.05, 0) is 23.3 Å². The molecule has 0 spiro atoms. The molecule has 1 aromatic heterocycles. The standard InChI is InChI=1S/C23H24N2O2/c26-23(20-11-5-2-6-12-20,21-13-7-8-14-24-21)22(19-9-3-1-4-10-19)25-15-17-27-18-16-25/h1-14,22,26H,15-18H2/t22-,23+/m0/s1. The third-order valence-corrected chi connectivity index (χ3v) is 5.19. The minimum absolute atomic E-state index is 0.264. The molecule has 1 N–H and O–H groups in total. The van der Waals surface area contributed by atoms with Gasteiger partial charge in [-0.25, -0.2) is 0 Å². The third-order valence-electron chi connectivity index (χ3n) is 5.19. The van der Waals surface area contributed by atoms with Crippen molar-refractivity contribution in [2.45, 2.75) is 11.6 Å². The van der Waals surface area contributed by atoms with Gasteiger partial charge in [-0.2, -0.15) is 0 Å². The van der Waals surface area contributed by atoms with Crippen molar-refractivity contribution in [2.75, 3.05) is 26.3 Å².